The molecule has 0 atom stereocenters. The fourth-order valence-corrected chi connectivity index (χ4v) is 1.58. The fourth-order valence-electron chi connectivity index (χ4n) is 1.58. The number of nitro benzene ring substituents is 1. The number of nitrogens with zero attached hydrogens (tertiary/aromatic N) is 2. The zero-order valence-electron chi connectivity index (χ0n) is 11.3. The van der Waals surface area contributed by atoms with Gasteiger partial charge in [-0.2, -0.15) is 0 Å². The third-order valence-electron chi connectivity index (χ3n) is 2.73. The Morgan fingerprint density at radius 2 is 1.95 bits per heavy atom. The summed E-state index contributed by atoms with van der Waals surface area (Å²) >= 11 is 0. The minimum absolute atomic E-state index is 0.0793. The predicted octanol–water partition coefficient (Wildman–Crippen LogP) is 0.568. The highest BCUT2D eigenvalue weighted by Crippen LogP contribution is 2.38. The number of ether oxygens (including phenoxy) is 3. The van der Waals surface area contributed by atoms with Crippen LogP contribution in [0.15, 0.2) is 12.1 Å². The quantitative estimate of drug-likeness (QED) is 0.454. The Labute approximate surface area is 119 Å². The number of carbonyl (C=O) groups is 2. The summed E-state index contributed by atoms with van der Waals surface area (Å²) in [5, 5.41) is 11.0. The number of carbonyl (C=O) groups excluding carboxylic acids is 2. The molecular weight excluding hydrogens is 284 g/mol. The van der Waals surface area contributed by atoms with E-state index in [1.54, 1.807) is 0 Å². The van der Waals surface area contributed by atoms with Gasteiger partial charge >= 0.3 is 5.97 Å². The number of rotatable bonds is 4. The number of fused-ring (bicyclic) bond motifs is 1. The minimum atomic E-state index is -0.977. The summed E-state index contributed by atoms with van der Waals surface area (Å²) in [6.07, 6.45) is 0. The van der Waals surface area contributed by atoms with Gasteiger partial charge in [0.15, 0.2) is 18.1 Å². The maximum Gasteiger partial charge on any atom is 0.345 e. The van der Waals surface area contributed by atoms with Crippen LogP contribution in [0.4, 0.5) is 5.69 Å². The van der Waals surface area contributed by atoms with E-state index >= 15 is 0 Å². The van der Waals surface area contributed by atoms with E-state index in [1.807, 2.05) is 0 Å². The lowest BCUT2D eigenvalue weighted by atomic mass is 10.1. The Balaban J connectivity index is 2.24. The van der Waals surface area contributed by atoms with Crippen molar-refractivity contribution in [3.8, 4) is 11.5 Å². The number of hydrogen-bond acceptors (Lipinski definition) is 7. The first kappa shape index (κ1) is 14.6. The second-order valence-electron chi connectivity index (χ2n) is 4.34. The van der Waals surface area contributed by atoms with Gasteiger partial charge in [0.05, 0.1) is 11.0 Å². The number of hydrogen-bond donors (Lipinski definition) is 0. The molecule has 0 unspecified atom stereocenters. The maximum atomic E-state index is 11.9. The second kappa shape index (κ2) is 5.65. The van der Waals surface area contributed by atoms with Crippen molar-refractivity contribution >= 4 is 17.6 Å². The van der Waals surface area contributed by atoms with Crippen LogP contribution in [-0.4, -0.2) is 49.2 Å². The average Bonchev–Trinajstić information content (AvgIpc) is 2.89. The third kappa shape index (κ3) is 3.02. The van der Waals surface area contributed by atoms with Crippen LogP contribution in [0.3, 0.4) is 0 Å². The number of benzene rings is 1. The van der Waals surface area contributed by atoms with Crippen LogP contribution in [0.1, 0.15) is 10.4 Å². The van der Waals surface area contributed by atoms with Crippen LogP contribution >= 0.6 is 0 Å². The van der Waals surface area contributed by atoms with Gasteiger partial charge in [-0.05, 0) is 0 Å². The average molecular weight is 296 g/mol. The maximum absolute atomic E-state index is 11.9. The van der Waals surface area contributed by atoms with Gasteiger partial charge in [-0.3, -0.25) is 14.9 Å². The number of likely N-dealkylation sites (N-methyl/N-ethyl adjacent to an activating group) is 1. The summed E-state index contributed by atoms with van der Waals surface area (Å²) in [6.45, 7) is -0.582. The van der Waals surface area contributed by atoms with E-state index in [9.17, 15) is 19.7 Å². The summed E-state index contributed by atoms with van der Waals surface area (Å²) in [5.74, 6) is -1.02. The van der Waals surface area contributed by atoms with E-state index in [1.165, 1.54) is 25.1 Å². The van der Waals surface area contributed by atoms with Crippen LogP contribution < -0.4 is 9.47 Å². The van der Waals surface area contributed by atoms with Gasteiger partial charge in [-0.25, -0.2) is 4.79 Å². The molecule has 112 valence electrons. The summed E-state index contributed by atoms with van der Waals surface area (Å²) in [7, 11) is 3.00. The molecule has 0 fully saturated rings. The monoisotopic (exact) mass is 296 g/mol. The van der Waals surface area contributed by atoms with E-state index in [-0.39, 0.29) is 23.9 Å². The lowest BCUT2D eigenvalue weighted by Crippen LogP contribution is -2.27. The molecule has 2 rings (SSSR count). The molecule has 1 aliphatic heterocycles. The fraction of sp³-hybridized carbons (Fsp3) is 0.333. The van der Waals surface area contributed by atoms with E-state index < -0.39 is 29.1 Å². The molecule has 1 aromatic carbocycles. The van der Waals surface area contributed by atoms with Crippen molar-refractivity contribution in [1.29, 1.82) is 0 Å². The van der Waals surface area contributed by atoms with Crippen LogP contribution in [0.2, 0.25) is 0 Å². The van der Waals surface area contributed by atoms with Crippen LogP contribution in [0.5, 0.6) is 11.5 Å². The van der Waals surface area contributed by atoms with Crippen molar-refractivity contribution in [2.75, 3.05) is 27.5 Å². The molecule has 21 heavy (non-hydrogen) atoms. The molecule has 0 bridgehead atoms. The Hall–Kier alpha value is -2.84. The SMILES string of the molecule is CN(C)C(=O)COC(=O)c1cc2c(cc1[N+](=O)[O-])OCO2. The molecule has 0 aliphatic carbocycles. The van der Waals surface area contributed by atoms with E-state index in [2.05, 4.69) is 0 Å². The van der Waals surface area contributed by atoms with Crippen LogP contribution in [0.25, 0.3) is 0 Å². The van der Waals surface area contributed by atoms with Crippen molar-refractivity contribution in [1.82, 2.24) is 4.90 Å². The molecule has 9 heteroatoms. The van der Waals surface area contributed by atoms with Gasteiger partial charge in [-0.15, -0.1) is 0 Å². The third-order valence-corrected chi connectivity index (χ3v) is 2.73. The summed E-state index contributed by atoms with van der Waals surface area (Å²) in [5.41, 5.74) is -0.766. The standard InChI is InChI=1S/C12H12N2O7/c1-13(2)11(15)5-19-12(16)7-3-9-10(21-6-20-9)4-8(7)14(17)18/h3-4H,5-6H2,1-2H3. The summed E-state index contributed by atoms with van der Waals surface area (Å²) in [6, 6.07) is 2.26. The molecule has 1 aromatic rings. The Morgan fingerprint density at radius 3 is 2.52 bits per heavy atom. The number of esters is 1. The summed E-state index contributed by atoms with van der Waals surface area (Å²) in [4.78, 5) is 34.8. The first-order valence-corrected chi connectivity index (χ1v) is 5.85. The predicted molar refractivity (Wildman–Crippen MR) is 68.2 cm³/mol. The van der Waals surface area contributed by atoms with Gasteiger partial charge in [0.2, 0.25) is 6.79 Å². The Bertz CT molecular complexity index is 612. The first-order chi connectivity index (χ1) is 9.90. The van der Waals surface area contributed by atoms with Gasteiger partial charge in [0.25, 0.3) is 11.6 Å². The first-order valence-electron chi connectivity index (χ1n) is 5.85. The highest BCUT2D eigenvalue weighted by molar-refractivity contribution is 5.96. The van der Waals surface area contributed by atoms with Crippen molar-refractivity contribution in [2.45, 2.75) is 0 Å². The molecule has 1 amide bonds. The largest absolute Gasteiger partial charge is 0.454 e. The Kier molecular flexibility index (Phi) is 3.92. The lowest BCUT2D eigenvalue weighted by molar-refractivity contribution is -0.385. The van der Waals surface area contributed by atoms with E-state index in [0.717, 1.165) is 6.07 Å². The highest BCUT2D eigenvalue weighted by atomic mass is 16.7. The number of amides is 1. The molecule has 0 aromatic heterocycles. The topological polar surface area (TPSA) is 108 Å². The van der Waals surface area contributed by atoms with Crippen molar-refractivity contribution in [2.24, 2.45) is 0 Å². The molecule has 0 N–H and O–H groups in total. The Morgan fingerprint density at radius 1 is 1.33 bits per heavy atom. The van der Waals surface area contributed by atoms with Gasteiger partial charge in [-0.1, -0.05) is 0 Å². The molecule has 0 spiro atoms. The van der Waals surface area contributed by atoms with E-state index in [4.69, 9.17) is 14.2 Å². The minimum Gasteiger partial charge on any atom is -0.454 e. The molecule has 0 saturated heterocycles. The van der Waals surface area contributed by atoms with Crippen LogP contribution in [0, 0.1) is 10.1 Å². The molecular formula is C12H12N2O7. The molecule has 0 saturated carbocycles. The van der Waals surface area contributed by atoms with Gasteiger partial charge < -0.3 is 19.1 Å². The van der Waals surface area contributed by atoms with Gasteiger partial charge in [0.1, 0.15) is 5.56 Å². The lowest BCUT2D eigenvalue weighted by Gasteiger charge is -2.10. The van der Waals surface area contributed by atoms with Crippen molar-refractivity contribution in [3.05, 3.63) is 27.8 Å². The van der Waals surface area contributed by atoms with Crippen molar-refractivity contribution in [3.63, 3.8) is 0 Å². The zero-order valence-corrected chi connectivity index (χ0v) is 11.3. The van der Waals surface area contributed by atoms with Crippen molar-refractivity contribution < 1.29 is 28.7 Å². The molecule has 0 radical (unpaired) electrons. The zero-order chi connectivity index (χ0) is 15.6. The highest BCUT2D eigenvalue weighted by Gasteiger charge is 2.28. The van der Waals surface area contributed by atoms with Gasteiger partial charge in [0, 0.05) is 20.2 Å². The smallest absolute Gasteiger partial charge is 0.345 e. The molecule has 1 aliphatic rings. The summed E-state index contributed by atoms with van der Waals surface area (Å²) < 4.78 is 14.8. The molecule has 1 heterocycles. The second-order valence-corrected chi connectivity index (χ2v) is 4.34. The molecule has 9 nitrogen and oxygen atoms in total. The normalized spacial score (nSPS) is 11.9. The number of nitro groups is 1. The van der Waals surface area contributed by atoms with Crippen LogP contribution in [-0.2, 0) is 9.53 Å². The van der Waals surface area contributed by atoms with E-state index in [0.29, 0.717) is 0 Å².